The Morgan fingerprint density at radius 3 is 0.818 bits per heavy atom. The Labute approximate surface area is 95.1 Å². The van der Waals surface area contributed by atoms with Gasteiger partial charge in [0, 0.05) is 0 Å². The van der Waals surface area contributed by atoms with Crippen LogP contribution >= 0.6 is 0 Å². The molecule has 11 heavy (non-hydrogen) atoms. The molecule has 0 saturated carbocycles. The van der Waals surface area contributed by atoms with Crippen LogP contribution in [0, 0.1) is 0 Å². The van der Waals surface area contributed by atoms with Crippen molar-refractivity contribution >= 4 is 10.5 Å². The molecule has 68 valence electrons. The van der Waals surface area contributed by atoms with Crippen LogP contribution in [0.1, 0.15) is 0 Å². The first-order chi connectivity index (χ1) is 3.71. The number of hydrogen-bond acceptors (Lipinski definition) is 0. The average Bonchev–Trinajstić information content (AvgIpc) is 1.14. The minimum absolute atomic E-state index is 0. The van der Waals surface area contributed by atoms with Crippen molar-refractivity contribution in [2.24, 2.45) is 0 Å². The van der Waals surface area contributed by atoms with Crippen molar-refractivity contribution in [1.82, 2.24) is 0 Å². The van der Waals surface area contributed by atoms with Crippen molar-refractivity contribution in [3.05, 3.63) is 0 Å². The maximum atomic E-state index is 2.55. The molecule has 0 aromatic carbocycles. The molecule has 0 aliphatic carbocycles. The minimum Gasteiger partial charge on any atom is -1.00 e. The molecule has 0 radical (unpaired) electrons. The summed E-state index contributed by atoms with van der Waals surface area (Å²) in [5, 5.41) is -1.07. The molecule has 0 heterocycles. The van der Waals surface area contributed by atoms with E-state index in [1.165, 1.54) is 0 Å². The second kappa shape index (κ2) is 6.35. The molecule has 0 amide bonds. The van der Waals surface area contributed by atoms with Crippen LogP contribution in [-0.4, -0.2) is 10.5 Å². The summed E-state index contributed by atoms with van der Waals surface area (Å²) < 4.78 is 0. The molecule has 5 heteroatoms. The molecule has 0 nitrogen and oxygen atoms in total. The van der Waals surface area contributed by atoms with Crippen LogP contribution in [0.2, 0.25) is 39.3 Å². The maximum Gasteiger partial charge on any atom is -1.00 e. The molecule has 0 fully saturated rings. The number of halogens is 2. The van der Waals surface area contributed by atoms with Crippen molar-refractivity contribution in [2.75, 3.05) is 0 Å². The van der Waals surface area contributed by atoms with Crippen LogP contribution in [0.15, 0.2) is 0 Å². The van der Waals surface area contributed by atoms with E-state index in [2.05, 4.69) is 39.3 Å². The fourth-order valence-electron chi connectivity index (χ4n) is 1.12. The Hall–Kier alpha value is 1.88. The van der Waals surface area contributed by atoms with Crippen molar-refractivity contribution in [2.45, 2.75) is 39.3 Å². The van der Waals surface area contributed by atoms with E-state index in [-0.39, 0.29) is 46.1 Å². The molecular formula is C6H18Cl2HfSi2. The van der Waals surface area contributed by atoms with Crippen LogP contribution in [0.3, 0.4) is 0 Å². The van der Waals surface area contributed by atoms with Crippen LogP contribution < -0.4 is 24.8 Å². The number of hydrogen-bond donors (Lipinski definition) is 0. The summed E-state index contributed by atoms with van der Waals surface area (Å²) in [6.45, 7) is 15.3. The van der Waals surface area contributed by atoms with Gasteiger partial charge in [0.15, 0.2) is 0 Å². The first-order valence-electron chi connectivity index (χ1n) is 3.50. The first kappa shape index (κ1) is 18.6. The molecule has 0 aromatic rings. The standard InChI is InChI=1S/2C3H9Si.2ClH.Hf/c2*1-4(2)3;;;/h2*1-3H3;2*1H;/q;;;;+2/p-2. The third-order valence-corrected chi connectivity index (χ3v) is 55.3. The quantitative estimate of drug-likeness (QED) is 0.431. The van der Waals surface area contributed by atoms with Gasteiger partial charge in [-0.2, -0.15) is 0 Å². The summed E-state index contributed by atoms with van der Waals surface area (Å²) in [6.07, 6.45) is 0. The summed E-state index contributed by atoms with van der Waals surface area (Å²) in [6, 6.07) is 0. The fraction of sp³-hybridized carbons (Fsp3) is 1.00. The van der Waals surface area contributed by atoms with Gasteiger partial charge in [0.1, 0.15) is 0 Å². The zero-order valence-corrected chi connectivity index (χ0v) is 15.4. The van der Waals surface area contributed by atoms with Gasteiger partial charge in [0.05, 0.1) is 0 Å². The van der Waals surface area contributed by atoms with E-state index >= 15 is 0 Å². The molecule has 0 saturated heterocycles. The van der Waals surface area contributed by atoms with Gasteiger partial charge in [0.25, 0.3) is 0 Å². The van der Waals surface area contributed by atoms with Crippen molar-refractivity contribution < 1.29 is 46.1 Å². The molecule has 0 aliphatic rings. The minimum atomic E-state index is -0.536. The zero-order chi connectivity index (χ0) is 7.71. The van der Waals surface area contributed by atoms with Gasteiger partial charge in [0.2, 0.25) is 0 Å². The fourth-order valence-corrected chi connectivity index (χ4v) is 82.9. The monoisotopic (exact) mass is 396 g/mol. The summed E-state index contributed by atoms with van der Waals surface area (Å²) in [5.74, 6) is 0. The normalized spacial score (nSPS) is 10.7. The smallest absolute Gasteiger partial charge is 1.00 e. The van der Waals surface area contributed by atoms with Crippen LogP contribution in [0.4, 0.5) is 0 Å². The molecule has 0 unspecified atom stereocenters. The Balaban J connectivity index is -0.000000320. The predicted octanol–water partition coefficient (Wildman–Crippen LogP) is -3.25. The second-order valence-corrected chi connectivity index (χ2v) is 55.0. The van der Waals surface area contributed by atoms with Gasteiger partial charge in [-0.05, 0) is 0 Å². The van der Waals surface area contributed by atoms with Gasteiger partial charge >= 0.3 is 71.0 Å². The van der Waals surface area contributed by atoms with E-state index < -0.39 is 10.5 Å². The van der Waals surface area contributed by atoms with Gasteiger partial charge < -0.3 is 24.8 Å². The van der Waals surface area contributed by atoms with Crippen molar-refractivity contribution in [1.29, 1.82) is 0 Å². The number of rotatable bonds is 2. The van der Waals surface area contributed by atoms with Crippen molar-refractivity contribution in [3.63, 3.8) is 0 Å². The second-order valence-electron chi connectivity index (χ2n) is 4.62. The van der Waals surface area contributed by atoms with E-state index in [1.54, 1.807) is 0 Å². The van der Waals surface area contributed by atoms with E-state index in [0.717, 1.165) is 0 Å². The van der Waals surface area contributed by atoms with Crippen LogP contribution in [-0.2, 0) is 21.2 Å². The van der Waals surface area contributed by atoms with Crippen molar-refractivity contribution in [3.8, 4) is 0 Å². The molecule has 0 rings (SSSR count). The van der Waals surface area contributed by atoms with E-state index in [4.69, 9.17) is 0 Å². The molecule has 0 spiro atoms. The Morgan fingerprint density at radius 1 is 0.636 bits per heavy atom. The predicted molar refractivity (Wildman–Crippen MR) is 46.7 cm³/mol. The molecule has 0 aromatic heterocycles. The summed E-state index contributed by atoms with van der Waals surface area (Å²) in [4.78, 5) is 0. The zero-order valence-electron chi connectivity index (χ0n) is 8.26. The van der Waals surface area contributed by atoms with Gasteiger partial charge in [-0.1, -0.05) is 0 Å². The molecule has 0 bridgehead atoms. The van der Waals surface area contributed by atoms with Crippen LogP contribution in [0.25, 0.3) is 0 Å². The topological polar surface area (TPSA) is 0 Å². The Morgan fingerprint density at radius 2 is 0.818 bits per heavy atom. The van der Waals surface area contributed by atoms with E-state index in [9.17, 15) is 0 Å². The first-order valence-corrected chi connectivity index (χ1v) is 21.3. The van der Waals surface area contributed by atoms with Gasteiger partial charge in [-0.15, -0.1) is 0 Å². The van der Waals surface area contributed by atoms with Crippen LogP contribution in [0.5, 0.6) is 0 Å². The van der Waals surface area contributed by atoms with E-state index in [1.807, 2.05) is 0 Å². The Kier molecular flexibility index (Phi) is 10.8. The largest absolute Gasteiger partial charge is 1.00 e. The SMILES string of the molecule is C[Si](C)(C)[Hf+2][Si](C)(C)C.[Cl-].[Cl-]. The van der Waals surface area contributed by atoms with E-state index in [0.29, 0.717) is 0 Å². The molecule has 0 N–H and O–H groups in total. The molecule has 0 atom stereocenters. The summed E-state index contributed by atoms with van der Waals surface area (Å²) in [7, 11) is 0. The third-order valence-electron chi connectivity index (χ3n) is 0.750. The summed E-state index contributed by atoms with van der Waals surface area (Å²) >= 11 is -0.116. The van der Waals surface area contributed by atoms with Gasteiger partial charge in [-0.25, -0.2) is 0 Å². The molecule has 0 aliphatic heterocycles. The average molecular weight is 396 g/mol. The van der Waals surface area contributed by atoms with Gasteiger partial charge in [-0.3, -0.25) is 0 Å². The summed E-state index contributed by atoms with van der Waals surface area (Å²) in [5.41, 5.74) is 0. The Bertz CT molecular complexity index is 83.7. The maximum absolute atomic E-state index is 2.55. The third kappa shape index (κ3) is 18.7. The molecular weight excluding hydrogens is 378 g/mol.